The van der Waals surface area contributed by atoms with Gasteiger partial charge in [0.2, 0.25) is 0 Å². The molecule has 0 amide bonds. The van der Waals surface area contributed by atoms with E-state index in [4.69, 9.17) is 14.9 Å². The molecule has 1 aliphatic rings. The van der Waals surface area contributed by atoms with E-state index < -0.39 is 58.7 Å². The van der Waals surface area contributed by atoms with Crippen LogP contribution in [0.3, 0.4) is 0 Å². The zero-order valence-electron chi connectivity index (χ0n) is 34.8. The quantitative estimate of drug-likeness (QED) is 0.0424. The predicted octanol–water partition coefficient (Wildman–Crippen LogP) is 2.06. The van der Waals surface area contributed by atoms with Gasteiger partial charge in [0.05, 0.1) is 57.3 Å². The number of benzene rings is 6. The molecule has 6 aromatic carbocycles. The standard InChI is InChI=1S/C41H30N8O13S2.2Na/c1-61-35-17-21(6-13-33(35)45-43-31-5-3-4-23-16-25(63(55,56)57)9-10-26(23)31)22-7-14-34(36(18-22)62-2)46-48-39-37(64(58,59)60)20-28-27(40(39)50)11-12-30(42)38(28)47-44-32-15-8-24(49(53)54)19-29(32)41(51)52;;/h3-20,42,44,50H,1-2H3,(H,51,52)(H,55,56,57)(H,58,59,60);;/q;2*+1/p-2. The van der Waals surface area contributed by atoms with Crippen molar-refractivity contribution in [2.75, 3.05) is 19.6 Å². The average Bonchev–Trinajstić information content (AvgIpc) is 3.26. The molecule has 25 heteroatoms. The summed E-state index contributed by atoms with van der Waals surface area (Å²) in [7, 11) is -7.09. The zero-order valence-corrected chi connectivity index (χ0v) is 40.4. The fraction of sp³-hybridized carbons (Fsp3) is 0.0488. The Kier molecular flexibility index (Phi) is 15.8. The van der Waals surface area contributed by atoms with Gasteiger partial charge in [-0.25, -0.2) is 13.2 Å². The second-order valence-corrected chi connectivity index (χ2v) is 16.2. The number of carboxylic acids is 1. The number of methoxy groups -OCH3 is 2. The van der Waals surface area contributed by atoms with E-state index in [2.05, 4.69) is 31.0 Å². The van der Waals surface area contributed by atoms with Gasteiger partial charge in [-0.05, 0) is 82.7 Å². The summed E-state index contributed by atoms with van der Waals surface area (Å²) in [4.78, 5) is 20.8. The molecule has 21 nitrogen and oxygen atoms in total. The number of nitrogens with one attached hydrogen (secondary N) is 2. The van der Waals surface area contributed by atoms with Gasteiger partial charge in [-0.2, -0.15) is 13.5 Å². The van der Waals surface area contributed by atoms with Gasteiger partial charge in [0.1, 0.15) is 38.7 Å². The van der Waals surface area contributed by atoms with E-state index in [0.717, 1.165) is 30.3 Å². The number of hydrogen-bond acceptors (Lipinski definition) is 18. The third kappa shape index (κ3) is 10.7. The number of allylic oxidation sites excluding steroid dienone is 1. The fourth-order valence-corrected chi connectivity index (χ4v) is 7.57. The van der Waals surface area contributed by atoms with E-state index in [1.54, 1.807) is 48.5 Å². The molecule has 7 rings (SSSR count). The molecule has 1 aliphatic carbocycles. The maximum Gasteiger partial charge on any atom is 1.00 e. The Balaban J connectivity index is 0.00000408. The molecular formula is C41H28N8Na2O13S2. The van der Waals surface area contributed by atoms with Gasteiger partial charge in [-0.1, -0.05) is 42.2 Å². The van der Waals surface area contributed by atoms with Crippen LogP contribution in [0.4, 0.5) is 34.1 Å². The molecule has 0 fully saturated rings. The number of azo groups is 2. The molecule has 0 aliphatic heterocycles. The molecule has 0 aromatic heterocycles. The summed E-state index contributed by atoms with van der Waals surface area (Å²) in [5, 5.41) is 64.7. The molecule has 0 atom stereocenters. The fourth-order valence-electron chi connectivity index (χ4n) is 6.42. The summed E-state index contributed by atoms with van der Waals surface area (Å²) in [6.07, 6.45) is 2.33. The van der Waals surface area contributed by atoms with Crippen LogP contribution in [0, 0.1) is 15.5 Å². The molecule has 66 heavy (non-hydrogen) atoms. The van der Waals surface area contributed by atoms with Gasteiger partial charge >= 0.3 is 65.1 Å². The largest absolute Gasteiger partial charge is 1.00 e. The number of fused-ring (bicyclic) bond motifs is 2. The topological polar surface area (TPSA) is 331 Å². The van der Waals surface area contributed by atoms with Crippen LogP contribution in [-0.2, 0) is 20.2 Å². The number of non-ortho nitro benzene ring substituents is 1. The minimum Gasteiger partial charge on any atom is -0.871 e. The van der Waals surface area contributed by atoms with Crippen molar-refractivity contribution in [3.05, 3.63) is 130 Å². The Hall–Kier alpha value is -6.25. The third-order valence-electron chi connectivity index (χ3n) is 9.53. The number of nitrogens with zero attached hydrogens (tertiary/aromatic N) is 6. The number of aromatic carboxylic acids is 1. The third-order valence-corrected chi connectivity index (χ3v) is 11.2. The van der Waals surface area contributed by atoms with E-state index in [0.29, 0.717) is 39.0 Å². The van der Waals surface area contributed by atoms with Crippen LogP contribution in [-0.4, -0.2) is 67.6 Å². The van der Waals surface area contributed by atoms with Gasteiger partial charge < -0.3 is 24.2 Å². The van der Waals surface area contributed by atoms with Gasteiger partial charge in [0.25, 0.3) is 15.8 Å². The van der Waals surface area contributed by atoms with Gasteiger partial charge in [-0.15, -0.1) is 20.5 Å². The maximum absolute atomic E-state index is 13.8. The molecular weight excluding hydrogens is 923 g/mol. The molecule has 0 radical (unpaired) electrons. The SMILES string of the molecule is COc1cc(-c2ccc(N=Nc3cccc4cc(S(=O)(=O)O)ccc34)c(OC)c2)ccc1N=Nc1c(S(=O)(=O)[O-])cc2c(c1[O-])C=CC(=N)C2=NNc1ccc([N+](=O)[O-])cc1C(=O)O.[Na+].[Na+]. The van der Waals surface area contributed by atoms with Crippen molar-refractivity contribution in [3.8, 4) is 28.4 Å². The molecule has 0 bridgehead atoms. The first-order chi connectivity index (χ1) is 30.4. The number of carbonyl (C=O) groups is 1. The summed E-state index contributed by atoms with van der Waals surface area (Å²) in [5.74, 6) is -2.18. The van der Waals surface area contributed by atoms with Crippen molar-refractivity contribution in [2.45, 2.75) is 9.79 Å². The zero-order chi connectivity index (χ0) is 46.1. The van der Waals surface area contributed by atoms with Crippen molar-refractivity contribution in [2.24, 2.45) is 25.6 Å². The van der Waals surface area contributed by atoms with Crippen LogP contribution in [0.15, 0.2) is 138 Å². The van der Waals surface area contributed by atoms with Gasteiger partial charge in [-0.3, -0.25) is 25.5 Å². The van der Waals surface area contributed by atoms with Crippen LogP contribution in [0.1, 0.15) is 21.5 Å². The monoisotopic (exact) mass is 950 g/mol. The predicted molar refractivity (Wildman–Crippen MR) is 228 cm³/mol. The first-order valence-electron chi connectivity index (χ1n) is 18.0. The van der Waals surface area contributed by atoms with Crippen LogP contribution in [0.25, 0.3) is 28.0 Å². The molecule has 6 aromatic rings. The summed E-state index contributed by atoms with van der Waals surface area (Å²) < 4.78 is 81.4. The van der Waals surface area contributed by atoms with E-state index >= 15 is 0 Å². The smallest absolute Gasteiger partial charge is 0.871 e. The van der Waals surface area contributed by atoms with Gasteiger partial charge in [0, 0.05) is 23.1 Å². The maximum atomic E-state index is 13.8. The van der Waals surface area contributed by atoms with Crippen LogP contribution in [0.5, 0.6) is 17.2 Å². The molecule has 0 saturated heterocycles. The Bertz CT molecular complexity index is 3350. The van der Waals surface area contributed by atoms with E-state index in [1.165, 1.54) is 44.6 Å². The van der Waals surface area contributed by atoms with Crippen LogP contribution in [0.2, 0.25) is 0 Å². The van der Waals surface area contributed by atoms with Crippen molar-refractivity contribution in [3.63, 3.8) is 0 Å². The molecule has 0 heterocycles. The molecule has 0 unspecified atom stereocenters. The number of carboxylic acid groups (broad SMARTS) is 1. The molecule has 0 spiro atoms. The number of rotatable bonds is 13. The van der Waals surface area contributed by atoms with Crippen molar-refractivity contribution >= 4 is 88.6 Å². The Labute approximate surface area is 418 Å². The number of hydrogen-bond donors (Lipinski definition) is 4. The number of anilines is 1. The van der Waals surface area contributed by atoms with Crippen molar-refractivity contribution in [1.29, 1.82) is 5.41 Å². The number of ether oxygens (including phenoxy) is 2. The molecule has 0 saturated carbocycles. The molecule has 4 N–H and O–H groups in total. The second kappa shape index (κ2) is 20.5. The first-order valence-corrected chi connectivity index (χ1v) is 20.9. The summed E-state index contributed by atoms with van der Waals surface area (Å²) >= 11 is 0. The van der Waals surface area contributed by atoms with E-state index in [-0.39, 0.29) is 104 Å². The van der Waals surface area contributed by atoms with E-state index in [9.17, 15) is 51.1 Å². The number of nitro groups is 1. The van der Waals surface area contributed by atoms with Crippen LogP contribution >= 0.6 is 0 Å². The number of hydrazone groups is 1. The molecule has 324 valence electrons. The van der Waals surface area contributed by atoms with Gasteiger partial charge in [0.15, 0.2) is 0 Å². The summed E-state index contributed by atoms with van der Waals surface area (Å²) in [5.41, 5.74) is 0.954. The Morgan fingerprint density at radius 2 is 1.41 bits per heavy atom. The first kappa shape index (κ1) is 50.7. The minimum atomic E-state index is -5.44. The normalized spacial score (nSPS) is 13.0. The Morgan fingerprint density at radius 1 is 0.788 bits per heavy atom. The van der Waals surface area contributed by atoms with Crippen molar-refractivity contribution in [1.82, 2.24) is 0 Å². The Morgan fingerprint density at radius 3 is 1.98 bits per heavy atom. The van der Waals surface area contributed by atoms with Crippen molar-refractivity contribution < 1.29 is 114 Å². The number of nitro benzene ring substituents is 1. The average molecular weight is 951 g/mol. The summed E-state index contributed by atoms with van der Waals surface area (Å²) in [6.45, 7) is 0. The summed E-state index contributed by atoms with van der Waals surface area (Å²) in [6, 6.07) is 22.4. The van der Waals surface area contributed by atoms with E-state index in [1.807, 2.05) is 0 Å². The minimum absolute atomic E-state index is 0. The second-order valence-electron chi connectivity index (χ2n) is 13.4. The van der Waals surface area contributed by atoms with Crippen LogP contribution < -0.4 is 79.1 Å².